The van der Waals surface area contributed by atoms with Crippen molar-refractivity contribution in [1.29, 1.82) is 0 Å². The van der Waals surface area contributed by atoms with Gasteiger partial charge in [0.15, 0.2) is 11.5 Å². The van der Waals surface area contributed by atoms with E-state index in [1.807, 2.05) is 24.3 Å². The lowest BCUT2D eigenvalue weighted by Gasteiger charge is -2.26. The van der Waals surface area contributed by atoms with Crippen molar-refractivity contribution < 1.29 is 33.6 Å². The Morgan fingerprint density at radius 1 is 1.08 bits per heavy atom. The van der Waals surface area contributed by atoms with E-state index >= 15 is 0 Å². The summed E-state index contributed by atoms with van der Waals surface area (Å²) >= 11 is 0. The van der Waals surface area contributed by atoms with Gasteiger partial charge in [-0.1, -0.05) is 26.0 Å². The molecule has 0 bridgehead atoms. The molecule has 192 valence electrons. The molecule has 1 fully saturated rings. The maximum atomic E-state index is 13.2. The average Bonchev–Trinajstić information content (AvgIpc) is 3.13. The van der Waals surface area contributed by atoms with Crippen LogP contribution in [0.15, 0.2) is 48.0 Å². The zero-order valence-corrected chi connectivity index (χ0v) is 21.0. The lowest BCUT2D eigenvalue weighted by molar-refractivity contribution is -0.140. The molecule has 0 spiro atoms. The van der Waals surface area contributed by atoms with Crippen LogP contribution in [0.4, 0.5) is 0 Å². The van der Waals surface area contributed by atoms with Crippen molar-refractivity contribution in [2.45, 2.75) is 32.7 Å². The number of carbonyl (C=O) groups excluding carboxylic acids is 2. The minimum atomic E-state index is -0.760. The van der Waals surface area contributed by atoms with Crippen LogP contribution in [-0.2, 0) is 14.3 Å². The number of ether oxygens (including phenoxy) is 4. The number of Topliss-reactive ketones (excluding diaryl/α,β-unsaturated/α-hetero) is 1. The molecule has 0 aliphatic carbocycles. The molecular weight excluding hydrogens is 462 g/mol. The first-order valence-corrected chi connectivity index (χ1v) is 12.3. The van der Waals surface area contributed by atoms with Crippen LogP contribution < -0.4 is 14.2 Å². The molecule has 8 heteroatoms. The standard InChI is InChI=1S/C28H33NO7/c1-18(2)10-13-34-21-7-4-6-19(16-21)25-24(27(31)28(32)29(25)11-5-12-33-3)26(30)20-8-9-22-23(17-20)36-15-14-35-22/h4,6-9,16-18,25,30H,5,10-15H2,1-3H3/b26-24+/t25-/m1/s1. The maximum absolute atomic E-state index is 13.2. The zero-order valence-electron chi connectivity index (χ0n) is 21.0. The first kappa shape index (κ1) is 25.6. The minimum absolute atomic E-state index is 0.0356. The molecule has 1 atom stereocenters. The molecule has 0 radical (unpaired) electrons. The molecule has 2 aromatic carbocycles. The summed E-state index contributed by atoms with van der Waals surface area (Å²) < 4.78 is 22.3. The molecule has 2 aliphatic rings. The lowest BCUT2D eigenvalue weighted by Crippen LogP contribution is -2.31. The Kier molecular flexibility index (Phi) is 8.15. The fourth-order valence-electron chi connectivity index (χ4n) is 4.37. The zero-order chi connectivity index (χ0) is 25.7. The van der Waals surface area contributed by atoms with Gasteiger partial charge in [0.2, 0.25) is 0 Å². The van der Waals surface area contributed by atoms with E-state index in [1.165, 1.54) is 4.90 Å². The normalized spacial score (nSPS) is 18.7. The van der Waals surface area contributed by atoms with Crippen molar-refractivity contribution in [3.8, 4) is 17.2 Å². The Labute approximate surface area is 211 Å². The van der Waals surface area contributed by atoms with Gasteiger partial charge in [0.25, 0.3) is 11.7 Å². The molecule has 0 unspecified atom stereocenters. The number of fused-ring (bicyclic) bond motifs is 1. The van der Waals surface area contributed by atoms with E-state index in [-0.39, 0.29) is 11.3 Å². The largest absolute Gasteiger partial charge is 0.507 e. The van der Waals surface area contributed by atoms with Crippen LogP contribution in [0, 0.1) is 5.92 Å². The molecule has 2 heterocycles. The van der Waals surface area contributed by atoms with Crippen molar-refractivity contribution in [1.82, 2.24) is 4.90 Å². The molecule has 1 saturated heterocycles. The molecule has 0 aromatic heterocycles. The predicted molar refractivity (Wildman–Crippen MR) is 134 cm³/mol. The number of methoxy groups -OCH3 is 1. The monoisotopic (exact) mass is 495 g/mol. The first-order chi connectivity index (χ1) is 17.4. The van der Waals surface area contributed by atoms with E-state index in [4.69, 9.17) is 18.9 Å². The average molecular weight is 496 g/mol. The highest BCUT2D eigenvalue weighted by Gasteiger charge is 2.46. The number of nitrogens with zero attached hydrogens (tertiary/aromatic N) is 1. The van der Waals surface area contributed by atoms with Crippen molar-refractivity contribution >= 4 is 17.4 Å². The number of aliphatic hydroxyl groups excluding tert-OH is 1. The number of rotatable bonds is 10. The maximum Gasteiger partial charge on any atom is 0.295 e. The van der Waals surface area contributed by atoms with Gasteiger partial charge in [-0.05, 0) is 54.7 Å². The first-order valence-electron chi connectivity index (χ1n) is 12.3. The molecule has 2 aliphatic heterocycles. The van der Waals surface area contributed by atoms with Crippen LogP contribution >= 0.6 is 0 Å². The molecular formula is C28H33NO7. The van der Waals surface area contributed by atoms with Crippen LogP contribution in [-0.4, -0.2) is 61.8 Å². The Morgan fingerprint density at radius 3 is 2.61 bits per heavy atom. The molecule has 2 aromatic rings. The number of benzene rings is 2. The third kappa shape index (κ3) is 5.49. The highest BCUT2D eigenvalue weighted by atomic mass is 16.6. The fraction of sp³-hybridized carbons (Fsp3) is 0.429. The summed E-state index contributed by atoms with van der Waals surface area (Å²) in [6.45, 7) is 6.41. The van der Waals surface area contributed by atoms with Gasteiger partial charge < -0.3 is 29.0 Å². The molecule has 4 rings (SSSR count). The Hall–Kier alpha value is -3.52. The number of ketones is 1. The number of likely N-dealkylation sites (tertiary alicyclic amines) is 1. The Morgan fingerprint density at radius 2 is 1.86 bits per heavy atom. The van der Waals surface area contributed by atoms with Gasteiger partial charge >= 0.3 is 0 Å². The number of amides is 1. The van der Waals surface area contributed by atoms with E-state index in [9.17, 15) is 14.7 Å². The van der Waals surface area contributed by atoms with E-state index in [0.29, 0.717) is 73.7 Å². The lowest BCUT2D eigenvalue weighted by atomic mass is 9.95. The van der Waals surface area contributed by atoms with E-state index < -0.39 is 17.7 Å². The molecule has 36 heavy (non-hydrogen) atoms. The summed E-state index contributed by atoms with van der Waals surface area (Å²) in [5.41, 5.74) is 1.10. The van der Waals surface area contributed by atoms with Crippen LogP contribution in [0.2, 0.25) is 0 Å². The predicted octanol–water partition coefficient (Wildman–Crippen LogP) is 4.34. The van der Waals surface area contributed by atoms with Crippen LogP contribution in [0.25, 0.3) is 5.76 Å². The number of hydrogen-bond acceptors (Lipinski definition) is 7. The number of hydrogen-bond donors (Lipinski definition) is 1. The highest BCUT2D eigenvalue weighted by molar-refractivity contribution is 6.46. The smallest absolute Gasteiger partial charge is 0.295 e. The van der Waals surface area contributed by atoms with Gasteiger partial charge in [0.05, 0.1) is 18.2 Å². The molecule has 1 amide bonds. The summed E-state index contributed by atoms with van der Waals surface area (Å²) in [5.74, 6) is 0.576. The Balaban J connectivity index is 1.74. The SMILES string of the molecule is COCCCN1C(=O)C(=O)/C(=C(/O)c2ccc3c(c2)OCCO3)[C@H]1c1cccc(OCCC(C)C)c1. The Bertz CT molecular complexity index is 1140. The molecule has 0 saturated carbocycles. The highest BCUT2D eigenvalue weighted by Crippen LogP contribution is 2.41. The number of carbonyl (C=O) groups is 2. The summed E-state index contributed by atoms with van der Waals surface area (Å²) in [6, 6.07) is 11.6. The van der Waals surface area contributed by atoms with Crippen molar-refractivity contribution in [2.24, 2.45) is 5.92 Å². The second-order valence-corrected chi connectivity index (χ2v) is 9.30. The molecule has 1 N–H and O–H groups in total. The number of aliphatic hydroxyl groups is 1. The summed E-state index contributed by atoms with van der Waals surface area (Å²) in [7, 11) is 1.59. The second-order valence-electron chi connectivity index (χ2n) is 9.30. The van der Waals surface area contributed by atoms with Gasteiger partial charge in [-0.25, -0.2) is 0 Å². The van der Waals surface area contributed by atoms with Crippen molar-refractivity contribution in [3.05, 3.63) is 59.2 Å². The van der Waals surface area contributed by atoms with Gasteiger partial charge in [0.1, 0.15) is 24.7 Å². The summed E-state index contributed by atoms with van der Waals surface area (Å²) in [4.78, 5) is 27.8. The topological polar surface area (TPSA) is 94.5 Å². The fourth-order valence-corrected chi connectivity index (χ4v) is 4.37. The van der Waals surface area contributed by atoms with Gasteiger partial charge in [-0.2, -0.15) is 0 Å². The van der Waals surface area contributed by atoms with Gasteiger partial charge in [-0.15, -0.1) is 0 Å². The van der Waals surface area contributed by atoms with E-state index in [2.05, 4.69) is 13.8 Å². The second kappa shape index (κ2) is 11.5. The van der Waals surface area contributed by atoms with Crippen molar-refractivity contribution in [2.75, 3.05) is 40.1 Å². The van der Waals surface area contributed by atoms with Crippen LogP contribution in [0.3, 0.4) is 0 Å². The quantitative estimate of drug-likeness (QED) is 0.227. The third-order valence-corrected chi connectivity index (χ3v) is 6.24. The van der Waals surface area contributed by atoms with Gasteiger partial charge in [-0.3, -0.25) is 9.59 Å². The van der Waals surface area contributed by atoms with Crippen LogP contribution in [0.5, 0.6) is 17.2 Å². The van der Waals surface area contributed by atoms with Gasteiger partial charge in [0, 0.05) is 25.8 Å². The minimum Gasteiger partial charge on any atom is -0.507 e. The molecule has 8 nitrogen and oxygen atoms in total. The van der Waals surface area contributed by atoms with E-state index in [0.717, 1.165) is 6.42 Å². The van der Waals surface area contributed by atoms with Crippen molar-refractivity contribution in [3.63, 3.8) is 0 Å². The van der Waals surface area contributed by atoms with Crippen LogP contribution in [0.1, 0.15) is 43.9 Å². The third-order valence-electron chi connectivity index (χ3n) is 6.24. The summed E-state index contributed by atoms with van der Waals surface area (Å²) in [6.07, 6.45) is 1.46. The summed E-state index contributed by atoms with van der Waals surface area (Å²) in [5, 5.41) is 11.3. The van der Waals surface area contributed by atoms with E-state index in [1.54, 1.807) is 25.3 Å².